The van der Waals surface area contributed by atoms with Crippen molar-refractivity contribution in [2.75, 3.05) is 6.61 Å². The first-order chi connectivity index (χ1) is 16.9. The van der Waals surface area contributed by atoms with E-state index >= 15 is 0 Å². The van der Waals surface area contributed by atoms with Gasteiger partial charge in [0.2, 0.25) is 5.91 Å². The van der Waals surface area contributed by atoms with E-state index in [2.05, 4.69) is 21.2 Å². The van der Waals surface area contributed by atoms with Gasteiger partial charge in [0.05, 0.1) is 0 Å². The van der Waals surface area contributed by atoms with Crippen LogP contribution in [0.1, 0.15) is 31.4 Å². The minimum absolute atomic E-state index is 0.0286. The van der Waals surface area contributed by atoms with Crippen molar-refractivity contribution in [3.63, 3.8) is 0 Å². The van der Waals surface area contributed by atoms with E-state index in [9.17, 15) is 14.0 Å². The maximum atomic E-state index is 13.5. The Hall–Kier alpha value is -3.19. The van der Waals surface area contributed by atoms with Gasteiger partial charge in [-0.3, -0.25) is 9.59 Å². The van der Waals surface area contributed by atoms with Crippen LogP contribution in [-0.2, 0) is 22.6 Å². The lowest BCUT2D eigenvalue weighted by molar-refractivity contribution is -0.143. The molecule has 0 saturated heterocycles. The predicted octanol–water partition coefficient (Wildman–Crippen LogP) is 5.52. The third-order valence-corrected chi connectivity index (χ3v) is 6.18. The maximum absolute atomic E-state index is 13.5. The molecule has 2 amide bonds. The molecule has 3 aromatic rings. The minimum atomic E-state index is -0.741. The molecule has 184 valence electrons. The van der Waals surface area contributed by atoms with E-state index in [-0.39, 0.29) is 36.8 Å². The molecule has 1 N–H and O–H groups in total. The number of nitrogens with one attached hydrogen (secondary N) is 1. The van der Waals surface area contributed by atoms with Gasteiger partial charge in [-0.2, -0.15) is 0 Å². The van der Waals surface area contributed by atoms with Gasteiger partial charge in [-0.25, -0.2) is 4.39 Å². The van der Waals surface area contributed by atoms with E-state index in [0.29, 0.717) is 12.2 Å². The van der Waals surface area contributed by atoms with Crippen molar-refractivity contribution in [1.29, 1.82) is 0 Å². The van der Waals surface area contributed by atoms with Crippen molar-refractivity contribution < 1.29 is 18.7 Å². The van der Waals surface area contributed by atoms with Crippen LogP contribution in [0.4, 0.5) is 4.39 Å². The fourth-order valence-electron chi connectivity index (χ4n) is 3.59. The topological polar surface area (TPSA) is 58.6 Å². The molecule has 0 aliphatic rings. The van der Waals surface area contributed by atoms with Crippen molar-refractivity contribution in [3.8, 4) is 5.75 Å². The monoisotopic (exact) mass is 540 g/mol. The molecule has 5 nitrogen and oxygen atoms in total. The molecule has 0 aliphatic heterocycles. The van der Waals surface area contributed by atoms with Gasteiger partial charge in [-0.05, 0) is 60.9 Å². The van der Waals surface area contributed by atoms with Crippen LogP contribution in [-0.4, -0.2) is 35.4 Å². The smallest absolute Gasteiger partial charge is 0.261 e. The van der Waals surface area contributed by atoms with Crippen LogP contribution in [0, 0.1) is 5.82 Å². The minimum Gasteiger partial charge on any atom is -0.484 e. The first-order valence-electron chi connectivity index (χ1n) is 11.6. The maximum Gasteiger partial charge on any atom is 0.261 e. The Labute approximate surface area is 214 Å². The molecule has 2 atom stereocenters. The third kappa shape index (κ3) is 8.21. The average molecular weight is 541 g/mol. The largest absolute Gasteiger partial charge is 0.484 e. The van der Waals surface area contributed by atoms with Crippen molar-refractivity contribution in [3.05, 3.63) is 100 Å². The molecular weight excluding hydrogens is 511 g/mol. The molecule has 0 radical (unpaired) electrons. The average Bonchev–Trinajstić information content (AvgIpc) is 2.86. The van der Waals surface area contributed by atoms with Gasteiger partial charge in [0.15, 0.2) is 6.61 Å². The highest BCUT2D eigenvalue weighted by atomic mass is 79.9. The van der Waals surface area contributed by atoms with Crippen LogP contribution in [0.2, 0.25) is 0 Å². The summed E-state index contributed by atoms with van der Waals surface area (Å²) in [5, 5.41) is 3.04. The van der Waals surface area contributed by atoms with Crippen LogP contribution in [0.3, 0.4) is 0 Å². The molecule has 0 spiro atoms. The molecule has 0 aliphatic carbocycles. The molecule has 7 heteroatoms. The highest BCUT2D eigenvalue weighted by Gasteiger charge is 2.31. The summed E-state index contributed by atoms with van der Waals surface area (Å²) in [6.45, 7) is 3.89. The van der Waals surface area contributed by atoms with Gasteiger partial charge < -0.3 is 15.0 Å². The summed E-state index contributed by atoms with van der Waals surface area (Å²) < 4.78 is 19.8. The summed E-state index contributed by atoms with van der Waals surface area (Å²) in [5.41, 5.74) is 1.83. The number of amides is 2. The number of carbonyl (C=O) groups excluding carboxylic acids is 2. The zero-order valence-electron chi connectivity index (χ0n) is 19.9. The standard InChI is InChI=1S/C28H30BrFN2O3/c1-3-20(2)31-28(34)26(17-21-8-5-4-6-9-21)32(18-22-10-7-11-23(29)16-22)27(33)19-35-25-14-12-24(30)13-15-25/h4-16,20,26H,3,17-19H2,1-2H3,(H,31,34)/t20-,26-/m1/s1. The fraction of sp³-hybridized carbons (Fsp3) is 0.286. The normalized spacial score (nSPS) is 12.5. The van der Waals surface area contributed by atoms with E-state index in [0.717, 1.165) is 22.0 Å². The van der Waals surface area contributed by atoms with Gasteiger partial charge >= 0.3 is 0 Å². The number of ether oxygens (including phenoxy) is 1. The SMILES string of the molecule is CC[C@@H](C)NC(=O)[C@@H](Cc1ccccc1)N(Cc1cccc(Br)c1)C(=O)COc1ccc(F)cc1. The quantitative estimate of drug-likeness (QED) is 0.348. The summed E-state index contributed by atoms with van der Waals surface area (Å²) in [5.74, 6) is -0.557. The van der Waals surface area contributed by atoms with Crippen molar-refractivity contribution in [2.24, 2.45) is 0 Å². The molecule has 3 rings (SSSR count). The summed E-state index contributed by atoms with van der Waals surface area (Å²) in [6.07, 6.45) is 1.14. The van der Waals surface area contributed by atoms with Crippen LogP contribution in [0.5, 0.6) is 5.75 Å². The highest BCUT2D eigenvalue weighted by molar-refractivity contribution is 9.10. The van der Waals surface area contributed by atoms with Crippen LogP contribution in [0.25, 0.3) is 0 Å². The second-order valence-electron chi connectivity index (χ2n) is 8.42. The molecule has 0 heterocycles. The summed E-state index contributed by atoms with van der Waals surface area (Å²) >= 11 is 3.48. The molecule has 0 aromatic heterocycles. The summed E-state index contributed by atoms with van der Waals surface area (Å²) in [4.78, 5) is 28.5. The number of carbonyl (C=O) groups is 2. The van der Waals surface area contributed by atoms with Crippen molar-refractivity contribution in [2.45, 2.75) is 45.3 Å². The lowest BCUT2D eigenvalue weighted by Gasteiger charge is -2.32. The van der Waals surface area contributed by atoms with Gasteiger partial charge in [-0.15, -0.1) is 0 Å². The van der Waals surface area contributed by atoms with Crippen molar-refractivity contribution in [1.82, 2.24) is 10.2 Å². The molecule has 3 aromatic carbocycles. The van der Waals surface area contributed by atoms with E-state index in [1.807, 2.05) is 68.4 Å². The third-order valence-electron chi connectivity index (χ3n) is 5.69. The van der Waals surface area contributed by atoms with Crippen molar-refractivity contribution >= 4 is 27.7 Å². The number of benzene rings is 3. The van der Waals surface area contributed by atoms with Crippen LogP contribution in [0.15, 0.2) is 83.3 Å². The first kappa shape index (κ1) is 26.4. The lowest BCUT2D eigenvalue weighted by Crippen LogP contribution is -2.53. The van der Waals surface area contributed by atoms with E-state index in [1.165, 1.54) is 24.3 Å². The fourth-order valence-corrected chi connectivity index (χ4v) is 4.03. The number of halogens is 2. The Morgan fingerprint density at radius 2 is 1.69 bits per heavy atom. The summed E-state index contributed by atoms with van der Waals surface area (Å²) in [7, 11) is 0. The first-order valence-corrected chi connectivity index (χ1v) is 12.4. The Morgan fingerprint density at radius 3 is 2.34 bits per heavy atom. The molecule has 0 fully saturated rings. The number of nitrogens with zero attached hydrogens (tertiary/aromatic N) is 1. The molecule has 0 bridgehead atoms. The van der Waals surface area contributed by atoms with Gasteiger partial charge in [-0.1, -0.05) is 65.3 Å². The second kappa shape index (κ2) is 13.0. The zero-order valence-corrected chi connectivity index (χ0v) is 21.5. The Kier molecular flexibility index (Phi) is 9.85. The lowest BCUT2D eigenvalue weighted by atomic mass is 10.0. The Balaban J connectivity index is 1.90. The number of hydrogen-bond acceptors (Lipinski definition) is 3. The van der Waals surface area contributed by atoms with Crippen LogP contribution < -0.4 is 10.1 Å². The molecule has 0 saturated carbocycles. The Morgan fingerprint density at radius 1 is 1.00 bits per heavy atom. The van der Waals surface area contributed by atoms with Gasteiger partial charge in [0.25, 0.3) is 5.91 Å². The summed E-state index contributed by atoms with van der Waals surface area (Å²) in [6, 6.07) is 22.0. The van der Waals surface area contributed by atoms with Gasteiger partial charge in [0.1, 0.15) is 17.6 Å². The van der Waals surface area contributed by atoms with E-state index in [4.69, 9.17) is 4.74 Å². The van der Waals surface area contributed by atoms with Crippen LogP contribution >= 0.6 is 15.9 Å². The van der Waals surface area contributed by atoms with Gasteiger partial charge in [0, 0.05) is 23.5 Å². The zero-order chi connectivity index (χ0) is 25.2. The predicted molar refractivity (Wildman–Crippen MR) is 138 cm³/mol. The highest BCUT2D eigenvalue weighted by Crippen LogP contribution is 2.19. The Bertz CT molecular complexity index is 1110. The van der Waals surface area contributed by atoms with E-state index < -0.39 is 6.04 Å². The molecule has 0 unspecified atom stereocenters. The number of hydrogen-bond donors (Lipinski definition) is 1. The number of rotatable bonds is 11. The second-order valence-corrected chi connectivity index (χ2v) is 9.33. The molecule has 35 heavy (non-hydrogen) atoms. The van der Waals surface area contributed by atoms with E-state index in [1.54, 1.807) is 4.90 Å². The molecular formula is C28H30BrFN2O3.